The fraction of sp³-hybridized carbons (Fsp3) is 0.700. The number of thioether (sulfide) groups is 1. The van der Waals surface area contributed by atoms with Crippen molar-refractivity contribution in [2.75, 3.05) is 11.5 Å². The summed E-state index contributed by atoms with van der Waals surface area (Å²) < 4.78 is 0. The Bertz CT molecular complexity index is 264. The number of aryl methyl sites for hydroxylation is 2. The molecule has 1 unspecified atom stereocenters. The molecule has 1 rings (SSSR count). The number of rotatable bonds is 5. The standard InChI is InChI=1S/C10H18N2S2/c1-4-13-6-5-9(11)10-12-7(2)8(3)14-10/h9H,4-6,11H2,1-3H3. The molecule has 0 aliphatic heterocycles. The Morgan fingerprint density at radius 3 is 2.71 bits per heavy atom. The van der Waals surface area contributed by atoms with Crippen molar-refractivity contribution in [1.82, 2.24) is 4.98 Å². The lowest BCUT2D eigenvalue weighted by molar-refractivity contribution is 0.697. The monoisotopic (exact) mass is 230 g/mol. The second-order valence-corrected chi connectivity index (χ2v) is 5.91. The Morgan fingerprint density at radius 1 is 1.50 bits per heavy atom. The number of thiazole rings is 1. The van der Waals surface area contributed by atoms with Crippen LogP contribution in [-0.2, 0) is 0 Å². The van der Waals surface area contributed by atoms with E-state index in [4.69, 9.17) is 5.73 Å². The van der Waals surface area contributed by atoms with E-state index < -0.39 is 0 Å². The van der Waals surface area contributed by atoms with Crippen LogP contribution in [0.25, 0.3) is 0 Å². The van der Waals surface area contributed by atoms with Gasteiger partial charge in [0.2, 0.25) is 0 Å². The van der Waals surface area contributed by atoms with Gasteiger partial charge in [-0.05, 0) is 31.8 Å². The van der Waals surface area contributed by atoms with Gasteiger partial charge in [-0.15, -0.1) is 11.3 Å². The summed E-state index contributed by atoms with van der Waals surface area (Å²) in [6.45, 7) is 6.32. The molecule has 0 fully saturated rings. The Kier molecular flexibility index (Phi) is 4.92. The summed E-state index contributed by atoms with van der Waals surface area (Å²) in [4.78, 5) is 5.76. The molecule has 0 aromatic carbocycles. The molecule has 2 nitrogen and oxygen atoms in total. The molecule has 1 aromatic rings. The molecule has 4 heteroatoms. The third-order valence-corrected chi connectivity index (χ3v) is 4.28. The first-order valence-electron chi connectivity index (χ1n) is 4.92. The topological polar surface area (TPSA) is 38.9 Å². The second-order valence-electron chi connectivity index (χ2n) is 3.29. The Morgan fingerprint density at radius 2 is 2.21 bits per heavy atom. The van der Waals surface area contributed by atoms with Crippen molar-refractivity contribution in [3.63, 3.8) is 0 Å². The molecular formula is C10H18N2S2. The molecule has 14 heavy (non-hydrogen) atoms. The van der Waals surface area contributed by atoms with E-state index in [9.17, 15) is 0 Å². The van der Waals surface area contributed by atoms with Gasteiger partial charge in [0.15, 0.2) is 0 Å². The minimum absolute atomic E-state index is 0.131. The average molecular weight is 230 g/mol. The first kappa shape index (κ1) is 12.0. The lowest BCUT2D eigenvalue weighted by atomic mass is 10.2. The van der Waals surface area contributed by atoms with Crippen LogP contribution in [0.5, 0.6) is 0 Å². The van der Waals surface area contributed by atoms with Crippen LogP contribution in [0.4, 0.5) is 0 Å². The van der Waals surface area contributed by atoms with Crippen LogP contribution in [0.15, 0.2) is 0 Å². The zero-order valence-corrected chi connectivity index (χ0v) is 10.7. The zero-order chi connectivity index (χ0) is 10.6. The highest BCUT2D eigenvalue weighted by Gasteiger charge is 2.11. The smallest absolute Gasteiger partial charge is 0.110 e. The van der Waals surface area contributed by atoms with Crippen LogP contribution in [0, 0.1) is 13.8 Å². The maximum atomic E-state index is 6.05. The number of hydrogen-bond acceptors (Lipinski definition) is 4. The van der Waals surface area contributed by atoms with Crippen molar-refractivity contribution in [3.05, 3.63) is 15.6 Å². The first-order valence-corrected chi connectivity index (χ1v) is 6.89. The van der Waals surface area contributed by atoms with Crippen LogP contribution in [-0.4, -0.2) is 16.5 Å². The molecule has 0 amide bonds. The summed E-state index contributed by atoms with van der Waals surface area (Å²) in [6, 6.07) is 0.131. The summed E-state index contributed by atoms with van der Waals surface area (Å²) in [6.07, 6.45) is 1.03. The van der Waals surface area contributed by atoms with E-state index in [1.807, 2.05) is 18.7 Å². The van der Waals surface area contributed by atoms with Gasteiger partial charge in [-0.1, -0.05) is 6.92 Å². The molecule has 1 atom stereocenters. The van der Waals surface area contributed by atoms with E-state index >= 15 is 0 Å². The predicted molar refractivity (Wildman–Crippen MR) is 66.1 cm³/mol. The molecule has 0 spiro atoms. The largest absolute Gasteiger partial charge is 0.322 e. The third kappa shape index (κ3) is 3.26. The molecular weight excluding hydrogens is 212 g/mol. The maximum Gasteiger partial charge on any atom is 0.110 e. The lowest BCUT2D eigenvalue weighted by Crippen LogP contribution is -2.10. The van der Waals surface area contributed by atoms with Gasteiger partial charge in [-0.3, -0.25) is 0 Å². The summed E-state index contributed by atoms with van der Waals surface area (Å²) in [5.41, 5.74) is 7.18. The summed E-state index contributed by atoms with van der Waals surface area (Å²) in [5, 5.41) is 1.09. The van der Waals surface area contributed by atoms with E-state index in [1.165, 1.54) is 10.6 Å². The van der Waals surface area contributed by atoms with Crippen molar-refractivity contribution in [3.8, 4) is 0 Å². The van der Waals surface area contributed by atoms with E-state index in [1.54, 1.807) is 11.3 Å². The van der Waals surface area contributed by atoms with Crippen LogP contribution >= 0.6 is 23.1 Å². The fourth-order valence-corrected chi connectivity index (χ4v) is 2.80. The van der Waals surface area contributed by atoms with Crippen molar-refractivity contribution in [2.45, 2.75) is 33.2 Å². The maximum absolute atomic E-state index is 6.05. The quantitative estimate of drug-likeness (QED) is 0.791. The van der Waals surface area contributed by atoms with Gasteiger partial charge in [0.25, 0.3) is 0 Å². The van der Waals surface area contributed by atoms with Crippen molar-refractivity contribution in [2.24, 2.45) is 5.73 Å². The molecule has 0 saturated carbocycles. The van der Waals surface area contributed by atoms with Gasteiger partial charge in [-0.2, -0.15) is 11.8 Å². The Labute approximate surface area is 94.3 Å². The molecule has 2 N–H and O–H groups in total. The van der Waals surface area contributed by atoms with Gasteiger partial charge in [0, 0.05) is 4.88 Å². The Hall–Kier alpha value is -0.0600. The van der Waals surface area contributed by atoms with Crippen LogP contribution in [0.1, 0.15) is 35.0 Å². The van der Waals surface area contributed by atoms with Crippen molar-refractivity contribution < 1.29 is 0 Å². The van der Waals surface area contributed by atoms with Gasteiger partial charge in [0.05, 0.1) is 11.7 Å². The van der Waals surface area contributed by atoms with Gasteiger partial charge >= 0.3 is 0 Å². The molecule has 0 bridgehead atoms. The van der Waals surface area contributed by atoms with Gasteiger partial charge in [0.1, 0.15) is 5.01 Å². The zero-order valence-electron chi connectivity index (χ0n) is 9.04. The normalized spacial score (nSPS) is 13.1. The summed E-state index contributed by atoms with van der Waals surface area (Å²) >= 11 is 3.67. The van der Waals surface area contributed by atoms with Gasteiger partial charge < -0.3 is 5.73 Å². The number of nitrogens with two attached hydrogens (primary N) is 1. The number of aromatic nitrogens is 1. The minimum Gasteiger partial charge on any atom is -0.322 e. The van der Waals surface area contributed by atoms with Crippen LogP contribution in [0.3, 0.4) is 0 Å². The summed E-state index contributed by atoms with van der Waals surface area (Å²) in [5.74, 6) is 2.30. The summed E-state index contributed by atoms with van der Waals surface area (Å²) in [7, 11) is 0. The number of nitrogens with zero attached hydrogens (tertiary/aromatic N) is 1. The highest BCUT2D eigenvalue weighted by molar-refractivity contribution is 7.99. The second kappa shape index (κ2) is 5.73. The first-order chi connectivity index (χ1) is 6.65. The third-order valence-electron chi connectivity index (χ3n) is 2.14. The van der Waals surface area contributed by atoms with Crippen molar-refractivity contribution in [1.29, 1.82) is 0 Å². The molecule has 0 saturated heterocycles. The highest BCUT2D eigenvalue weighted by atomic mass is 32.2. The molecule has 1 heterocycles. The van der Waals surface area contributed by atoms with E-state index in [0.29, 0.717) is 0 Å². The van der Waals surface area contributed by atoms with Crippen LogP contribution in [0.2, 0.25) is 0 Å². The average Bonchev–Trinajstić information content (AvgIpc) is 2.47. The minimum atomic E-state index is 0.131. The lowest BCUT2D eigenvalue weighted by Gasteiger charge is -2.06. The molecule has 0 aliphatic rings. The van der Waals surface area contributed by atoms with E-state index in [2.05, 4.69) is 18.8 Å². The van der Waals surface area contributed by atoms with E-state index in [-0.39, 0.29) is 6.04 Å². The predicted octanol–water partition coefficient (Wildman–Crippen LogP) is 2.90. The molecule has 1 aromatic heterocycles. The SMILES string of the molecule is CCSCCC(N)c1nc(C)c(C)s1. The van der Waals surface area contributed by atoms with Crippen LogP contribution < -0.4 is 5.73 Å². The number of hydrogen-bond donors (Lipinski definition) is 1. The Balaban J connectivity index is 2.47. The molecule has 0 aliphatic carbocycles. The molecule has 80 valence electrons. The van der Waals surface area contributed by atoms with E-state index in [0.717, 1.165) is 22.9 Å². The highest BCUT2D eigenvalue weighted by Crippen LogP contribution is 2.24. The van der Waals surface area contributed by atoms with Crippen molar-refractivity contribution >= 4 is 23.1 Å². The molecule has 0 radical (unpaired) electrons. The van der Waals surface area contributed by atoms with Gasteiger partial charge in [-0.25, -0.2) is 4.98 Å². The fourth-order valence-electron chi connectivity index (χ4n) is 1.13.